The van der Waals surface area contributed by atoms with E-state index in [1.807, 2.05) is 6.92 Å². The van der Waals surface area contributed by atoms with E-state index in [-0.39, 0.29) is 4.90 Å². The van der Waals surface area contributed by atoms with E-state index in [2.05, 4.69) is 0 Å². The Morgan fingerprint density at radius 2 is 1.57 bits per heavy atom. The van der Waals surface area contributed by atoms with Crippen molar-refractivity contribution in [2.24, 2.45) is 5.73 Å². The molecule has 0 radical (unpaired) electrons. The number of nitrogens with two attached hydrogens (primary N) is 1. The minimum absolute atomic E-state index is 0.0501. The van der Waals surface area contributed by atoms with Crippen LogP contribution in [0.2, 0.25) is 0 Å². The largest absolute Gasteiger partial charge is 0.365 e. The molecule has 0 heterocycles. The topological polar surface area (TPSA) is 77.2 Å². The van der Waals surface area contributed by atoms with Gasteiger partial charge in [-0.3, -0.25) is 4.79 Å². The Morgan fingerprint density at radius 1 is 1.00 bits per heavy atom. The molecular formula is C16H15NO3S. The lowest BCUT2D eigenvalue weighted by Gasteiger charge is -2.07. The molecule has 0 aliphatic rings. The fraction of sp³-hybridized carbons (Fsp3) is 0.0625. The van der Waals surface area contributed by atoms with E-state index in [4.69, 9.17) is 5.73 Å². The van der Waals surface area contributed by atoms with Crippen LogP contribution >= 0.6 is 0 Å². The van der Waals surface area contributed by atoms with E-state index in [0.717, 1.165) is 5.56 Å². The average molecular weight is 301 g/mol. The number of aryl methyl sites for hydroxylation is 1. The molecule has 0 aliphatic heterocycles. The summed E-state index contributed by atoms with van der Waals surface area (Å²) in [5, 5.41) is 0. The molecule has 21 heavy (non-hydrogen) atoms. The Labute approximate surface area is 123 Å². The highest BCUT2D eigenvalue weighted by atomic mass is 32.2. The molecule has 5 heteroatoms. The fourth-order valence-electron chi connectivity index (χ4n) is 1.83. The molecular weight excluding hydrogens is 286 g/mol. The third-order valence-corrected chi connectivity index (χ3v) is 4.75. The molecule has 2 aromatic rings. The second-order valence-corrected chi connectivity index (χ2v) is 6.52. The van der Waals surface area contributed by atoms with Crippen molar-refractivity contribution in [3.8, 4) is 0 Å². The third kappa shape index (κ3) is 3.38. The van der Waals surface area contributed by atoms with Crippen molar-refractivity contribution in [2.75, 3.05) is 0 Å². The zero-order valence-corrected chi connectivity index (χ0v) is 12.3. The number of primary amides is 1. The van der Waals surface area contributed by atoms with Crippen molar-refractivity contribution >= 4 is 21.8 Å². The van der Waals surface area contributed by atoms with Gasteiger partial charge in [-0.15, -0.1) is 0 Å². The van der Waals surface area contributed by atoms with Gasteiger partial charge in [-0.1, -0.05) is 48.0 Å². The monoisotopic (exact) mass is 301 g/mol. The van der Waals surface area contributed by atoms with Crippen LogP contribution in [0.3, 0.4) is 0 Å². The SMILES string of the molecule is Cc1ccc(S(=O)(=O)/C(=C\c2ccccc2)C(N)=O)cc1. The Morgan fingerprint density at radius 3 is 2.10 bits per heavy atom. The van der Waals surface area contributed by atoms with Crippen LogP contribution in [0.4, 0.5) is 0 Å². The molecule has 0 unspecified atom stereocenters. The standard InChI is InChI=1S/C16H15NO3S/c1-12-7-9-14(10-8-12)21(19,20)15(16(17)18)11-13-5-3-2-4-6-13/h2-11H,1H3,(H2,17,18)/b15-11-. The minimum Gasteiger partial charge on any atom is -0.365 e. The van der Waals surface area contributed by atoms with Gasteiger partial charge in [0.2, 0.25) is 9.84 Å². The van der Waals surface area contributed by atoms with Crippen LogP contribution in [-0.4, -0.2) is 14.3 Å². The lowest BCUT2D eigenvalue weighted by molar-refractivity contribution is -0.113. The summed E-state index contributed by atoms with van der Waals surface area (Å²) in [4.78, 5) is 11.2. The van der Waals surface area contributed by atoms with Crippen LogP contribution in [0.25, 0.3) is 6.08 Å². The molecule has 108 valence electrons. The van der Waals surface area contributed by atoms with Crippen molar-refractivity contribution in [3.63, 3.8) is 0 Å². The zero-order valence-electron chi connectivity index (χ0n) is 11.5. The summed E-state index contributed by atoms with van der Waals surface area (Å²) in [6.07, 6.45) is 1.29. The molecule has 0 bridgehead atoms. The summed E-state index contributed by atoms with van der Waals surface area (Å²) in [7, 11) is -3.93. The number of sulfone groups is 1. The molecule has 4 nitrogen and oxygen atoms in total. The summed E-state index contributed by atoms with van der Waals surface area (Å²) in [5.41, 5.74) is 6.78. The lowest BCUT2D eigenvalue weighted by atomic mass is 10.2. The summed E-state index contributed by atoms with van der Waals surface area (Å²) >= 11 is 0. The zero-order chi connectivity index (χ0) is 15.5. The maximum atomic E-state index is 12.5. The molecule has 1 amide bonds. The number of carbonyl (C=O) groups excluding carboxylic acids is 1. The normalized spacial score (nSPS) is 12.1. The van der Waals surface area contributed by atoms with Gasteiger partial charge in [0, 0.05) is 0 Å². The Bertz CT molecular complexity index is 776. The van der Waals surface area contributed by atoms with Crippen LogP contribution in [0.15, 0.2) is 64.4 Å². The molecule has 0 spiro atoms. The number of hydrogen-bond donors (Lipinski definition) is 1. The molecule has 0 aromatic heterocycles. The molecule has 0 fully saturated rings. The van der Waals surface area contributed by atoms with Crippen molar-refractivity contribution in [2.45, 2.75) is 11.8 Å². The first-order valence-electron chi connectivity index (χ1n) is 6.29. The predicted molar refractivity (Wildman–Crippen MR) is 82.0 cm³/mol. The number of benzene rings is 2. The maximum Gasteiger partial charge on any atom is 0.260 e. The van der Waals surface area contributed by atoms with Gasteiger partial charge in [-0.25, -0.2) is 8.42 Å². The highest BCUT2D eigenvalue weighted by molar-refractivity contribution is 7.96. The van der Waals surface area contributed by atoms with E-state index >= 15 is 0 Å². The number of carbonyl (C=O) groups is 1. The number of rotatable bonds is 4. The smallest absolute Gasteiger partial charge is 0.260 e. The van der Waals surface area contributed by atoms with E-state index < -0.39 is 20.6 Å². The van der Waals surface area contributed by atoms with Gasteiger partial charge in [-0.2, -0.15) is 0 Å². The number of hydrogen-bond acceptors (Lipinski definition) is 3. The molecule has 2 N–H and O–H groups in total. The quantitative estimate of drug-likeness (QED) is 0.880. The van der Waals surface area contributed by atoms with Gasteiger partial charge in [-0.05, 0) is 30.7 Å². The summed E-state index contributed by atoms with van der Waals surface area (Å²) in [5.74, 6) is -0.973. The van der Waals surface area contributed by atoms with E-state index in [0.29, 0.717) is 5.56 Å². The molecule has 0 saturated heterocycles. The molecule has 2 rings (SSSR count). The highest BCUT2D eigenvalue weighted by Gasteiger charge is 2.25. The third-order valence-electron chi connectivity index (χ3n) is 2.96. The van der Waals surface area contributed by atoms with E-state index in [9.17, 15) is 13.2 Å². The highest BCUT2D eigenvalue weighted by Crippen LogP contribution is 2.21. The van der Waals surface area contributed by atoms with Crippen LogP contribution in [-0.2, 0) is 14.6 Å². The van der Waals surface area contributed by atoms with Crippen LogP contribution in [0.5, 0.6) is 0 Å². The first-order chi connectivity index (χ1) is 9.91. The number of amides is 1. The fourth-order valence-corrected chi connectivity index (χ4v) is 3.13. The lowest BCUT2D eigenvalue weighted by Crippen LogP contribution is -2.21. The summed E-state index contributed by atoms with van der Waals surface area (Å²) in [6.45, 7) is 1.85. The van der Waals surface area contributed by atoms with Gasteiger partial charge in [0.1, 0.15) is 4.91 Å². The van der Waals surface area contributed by atoms with Crippen molar-refractivity contribution in [1.82, 2.24) is 0 Å². The van der Waals surface area contributed by atoms with Crippen LogP contribution in [0.1, 0.15) is 11.1 Å². The van der Waals surface area contributed by atoms with Crippen molar-refractivity contribution in [3.05, 3.63) is 70.6 Å². The Kier molecular flexibility index (Phi) is 4.23. The van der Waals surface area contributed by atoms with Crippen LogP contribution < -0.4 is 5.73 Å². The van der Waals surface area contributed by atoms with Gasteiger partial charge < -0.3 is 5.73 Å². The Balaban J connectivity index is 2.55. The van der Waals surface area contributed by atoms with Gasteiger partial charge in [0.05, 0.1) is 4.90 Å². The summed E-state index contributed by atoms with van der Waals surface area (Å²) in [6, 6.07) is 15.0. The Hall–Kier alpha value is -2.40. The second kappa shape index (κ2) is 5.93. The molecule has 2 aromatic carbocycles. The molecule has 0 aliphatic carbocycles. The van der Waals surface area contributed by atoms with E-state index in [1.54, 1.807) is 42.5 Å². The molecule has 0 atom stereocenters. The van der Waals surface area contributed by atoms with Gasteiger partial charge in [0.25, 0.3) is 5.91 Å². The average Bonchev–Trinajstić information content (AvgIpc) is 2.46. The first kappa shape index (κ1) is 15.0. The van der Waals surface area contributed by atoms with Gasteiger partial charge >= 0.3 is 0 Å². The minimum atomic E-state index is -3.93. The van der Waals surface area contributed by atoms with E-state index in [1.165, 1.54) is 18.2 Å². The predicted octanol–water partition coefficient (Wildman–Crippen LogP) is 2.30. The van der Waals surface area contributed by atoms with Gasteiger partial charge in [0.15, 0.2) is 0 Å². The van der Waals surface area contributed by atoms with Crippen LogP contribution in [0, 0.1) is 6.92 Å². The summed E-state index contributed by atoms with van der Waals surface area (Å²) < 4.78 is 25.0. The maximum absolute atomic E-state index is 12.5. The molecule has 0 saturated carbocycles. The van der Waals surface area contributed by atoms with Crippen molar-refractivity contribution < 1.29 is 13.2 Å². The second-order valence-electron chi connectivity index (χ2n) is 4.60. The first-order valence-corrected chi connectivity index (χ1v) is 7.78. The van der Waals surface area contributed by atoms with Crippen molar-refractivity contribution in [1.29, 1.82) is 0 Å².